The molecule has 7 heteroatoms. The van der Waals surface area contributed by atoms with E-state index in [2.05, 4.69) is 31.4 Å². The van der Waals surface area contributed by atoms with Crippen LogP contribution in [0.5, 0.6) is 0 Å². The molecule has 0 atom stereocenters. The van der Waals surface area contributed by atoms with Gasteiger partial charge in [0, 0.05) is 29.8 Å². The zero-order valence-corrected chi connectivity index (χ0v) is 14.7. The second-order valence-electron chi connectivity index (χ2n) is 5.61. The van der Waals surface area contributed by atoms with Gasteiger partial charge in [-0.2, -0.15) is 4.98 Å². The molecule has 1 heterocycles. The highest BCUT2D eigenvalue weighted by molar-refractivity contribution is 9.10. The molecule has 23 heavy (non-hydrogen) atoms. The summed E-state index contributed by atoms with van der Waals surface area (Å²) in [5.74, 6) is 1.04. The molecule has 124 valence electrons. The minimum atomic E-state index is -0.332. The Balaban J connectivity index is 1.72. The summed E-state index contributed by atoms with van der Waals surface area (Å²) in [7, 11) is 0. The van der Waals surface area contributed by atoms with Crippen molar-refractivity contribution in [1.29, 1.82) is 0 Å². The van der Waals surface area contributed by atoms with Crippen molar-refractivity contribution in [2.45, 2.75) is 45.6 Å². The molecule has 0 aliphatic carbocycles. The molecule has 1 aromatic heterocycles. The number of nitrogens with zero attached hydrogens (tertiary/aromatic N) is 2. The van der Waals surface area contributed by atoms with Gasteiger partial charge in [0.1, 0.15) is 5.82 Å². The Kier molecular flexibility index (Phi) is 6.27. The van der Waals surface area contributed by atoms with E-state index in [1.165, 1.54) is 12.1 Å². The van der Waals surface area contributed by atoms with Gasteiger partial charge in [0.05, 0.1) is 0 Å². The molecule has 1 aromatic carbocycles. The smallest absolute Gasteiger partial charge is 0.226 e. The summed E-state index contributed by atoms with van der Waals surface area (Å²) in [4.78, 5) is 16.1. The van der Waals surface area contributed by atoms with Gasteiger partial charge in [-0.15, -0.1) is 0 Å². The van der Waals surface area contributed by atoms with Gasteiger partial charge in [0.25, 0.3) is 0 Å². The maximum Gasteiger partial charge on any atom is 0.226 e. The molecule has 1 N–H and O–H groups in total. The maximum absolute atomic E-state index is 13.2. The third-order valence-electron chi connectivity index (χ3n) is 3.21. The van der Waals surface area contributed by atoms with Crippen molar-refractivity contribution in [1.82, 2.24) is 15.5 Å². The van der Waals surface area contributed by atoms with Crippen LogP contribution in [0.15, 0.2) is 27.2 Å². The summed E-state index contributed by atoms with van der Waals surface area (Å²) in [6, 6.07) is 4.55. The highest BCUT2D eigenvalue weighted by Gasteiger charge is 2.10. The second-order valence-corrected chi connectivity index (χ2v) is 6.52. The van der Waals surface area contributed by atoms with Crippen LogP contribution in [0.2, 0.25) is 0 Å². The van der Waals surface area contributed by atoms with Gasteiger partial charge in [-0.05, 0) is 30.2 Å². The molecule has 0 fully saturated rings. The van der Waals surface area contributed by atoms with Crippen molar-refractivity contribution in [2.24, 2.45) is 0 Å². The zero-order chi connectivity index (χ0) is 16.8. The van der Waals surface area contributed by atoms with E-state index >= 15 is 0 Å². The van der Waals surface area contributed by atoms with E-state index in [1.54, 1.807) is 6.07 Å². The number of carbonyl (C=O) groups is 1. The highest BCUT2D eigenvalue weighted by Crippen LogP contribution is 2.15. The molecule has 0 bridgehead atoms. The Morgan fingerprint density at radius 1 is 1.39 bits per heavy atom. The highest BCUT2D eigenvalue weighted by atomic mass is 79.9. The molecular weight excluding hydrogens is 365 g/mol. The Hall–Kier alpha value is -1.76. The maximum atomic E-state index is 13.2. The van der Waals surface area contributed by atoms with Crippen LogP contribution in [-0.4, -0.2) is 16.0 Å². The number of hydrogen-bond acceptors (Lipinski definition) is 4. The van der Waals surface area contributed by atoms with Crippen LogP contribution in [0.4, 0.5) is 4.39 Å². The molecule has 0 spiro atoms. The third kappa shape index (κ3) is 5.74. The van der Waals surface area contributed by atoms with E-state index < -0.39 is 0 Å². The largest absolute Gasteiger partial charge is 0.352 e. The van der Waals surface area contributed by atoms with E-state index in [1.807, 2.05) is 13.8 Å². The van der Waals surface area contributed by atoms with Gasteiger partial charge in [0.15, 0.2) is 5.82 Å². The normalized spacial score (nSPS) is 11.0. The first-order chi connectivity index (χ1) is 10.9. The molecule has 0 radical (unpaired) electrons. The molecular formula is C16H19BrFN3O2. The topological polar surface area (TPSA) is 68.0 Å². The monoisotopic (exact) mass is 383 g/mol. The van der Waals surface area contributed by atoms with E-state index in [0.29, 0.717) is 47.6 Å². The average Bonchev–Trinajstić information content (AvgIpc) is 2.93. The number of amides is 1. The quantitative estimate of drug-likeness (QED) is 0.790. The number of aromatic nitrogens is 2. The number of rotatable bonds is 7. The number of halogens is 2. The summed E-state index contributed by atoms with van der Waals surface area (Å²) in [6.07, 6.45) is 1.55. The lowest BCUT2D eigenvalue weighted by Gasteiger charge is -2.05. The van der Waals surface area contributed by atoms with E-state index in [0.717, 1.165) is 0 Å². The Morgan fingerprint density at radius 3 is 2.83 bits per heavy atom. The first-order valence-corrected chi connectivity index (χ1v) is 8.27. The first kappa shape index (κ1) is 17.6. The van der Waals surface area contributed by atoms with Crippen molar-refractivity contribution in [3.05, 3.63) is 45.8 Å². The fourth-order valence-corrected chi connectivity index (χ4v) is 2.52. The molecule has 0 aliphatic heterocycles. The first-order valence-electron chi connectivity index (χ1n) is 7.48. The summed E-state index contributed by atoms with van der Waals surface area (Å²) in [6.45, 7) is 4.28. The summed E-state index contributed by atoms with van der Waals surface area (Å²) in [5, 5.41) is 6.65. The standard InChI is InChI=1S/C16H19BrFN3O2/c1-10(2)16-20-15(23-21-16)5-3-4-14(22)19-9-11-6-12(17)8-13(18)7-11/h6-8,10H,3-5,9H2,1-2H3,(H,19,22). The van der Waals surface area contributed by atoms with E-state index in [9.17, 15) is 9.18 Å². The second kappa shape index (κ2) is 8.19. The summed E-state index contributed by atoms with van der Waals surface area (Å²) >= 11 is 3.22. The van der Waals surface area contributed by atoms with Gasteiger partial charge in [0.2, 0.25) is 11.8 Å². The Bertz CT molecular complexity index is 653. The zero-order valence-electron chi connectivity index (χ0n) is 13.1. The van der Waals surface area contributed by atoms with Gasteiger partial charge < -0.3 is 9.84 Å². The minimum absolute atomic E-state index is 0.0889. The average molecular weight is 384 g/mol. The molecule has 0 saturated carbocycles. The number of benzene rings is 1. The van der Waals surface area contributed by atoms with Crippen molar-refractivity contribution >= 4 is 21.8 Å². The van der Waals surface area contributed by atoms with E-state index in [-0.39, 0.29) is 17.6 Å². The van der Waals surface area contributed by atoms with Crippen LogP contribution in [-0.2, 0) is 17.8 Å². The number of nitrogens with one attached hydrogen (secondary N) is 1. The van der Waals surface area contributed by atoms with Crippen molar-refractivity contribution < 1.29 is 13.7 Å². The van der Waals surface area contributed by atoms with Crippen LogP contribution < -0.4 is 5.32 Å². The molecule has 2 rings (SSSR count). The Morgan fingerprint density at radius 2 is 2.17 bits per heavy atom. The molecule has 2 aromatic rings. The fourth-order valence-electron chi connectivity index (χ4n) is 2.01. The van der Waals surface area contributed by atoms with Crippen LogP contribution in [0, 0.1) is 5.82 Å². The predicted octanol–water partition coefficient (Wildman–Crippen LogP) is 3.73. The van der Waals surface area contributed by atoms with Crippen molar-refractivity contribution in [3.8, 4) is 0 Å². The molecule has 0 unspecified atom stereocenters. The summed E-state index contributed by atoms with van der Waals surface area (Å²) < 4.78 is 19.0. The van der Waals surface area contributed by atoms with Gasteiger partial charge in [-0.25, -0.2) is 4.39 Å². The molecule has 0 saturated heterocycles. The molecule has 0 aliphatic rings. The lowest BCUT2D eigenvalue weighted by molar-refractivity contribution is -0.121. The van der Waals surface area contributed by atoms with Crippen LogP contribution in [0.25, 0.3) is 0 Å². The van der Waals surface area contributed by atoms with Crippen LogP contribution >= 0.6 is 15.9 Å². The van der Waals surface area contributed by atoms with Crippen molar-refractivity contribution in [2.75, 3.05) is 0 Å². The van der Waals surface area contributed by atoms with Crippen LogP contribution in [0.3, 0.4) is 0 Å². The van der Waals surface area contributed by atoms with Gasteiger partial charge in [-0.1, -0.05) is 34.9 Å². The molecule has 5 nitrogen and oxygen atoms in total. The Labute approximate surface area is 142 Å². The van der Waals surface area contributed by atoms with Gasteiger partial charge >= 0.3 is 0 Å². The minimum Gasteiger partial charge on any atom is -0.352 e. The lowest BCUT2D eigenvalue weighted by Crippen LogP contribution is -2.22. The SMILES string of the molecule is CC(C)c1noc(CCCC(=O)NCc2cc(F)cc(Br)c2)n1. The van der Waals surface area contributed by atoms with E-state index in [4.69, 9.17) is 4.52 Å². The number of aryl methyl sites for hydroxylation is 1. The fraction of sp³-hybridized carbons (Fsp3) is 0.438. The lowest BCUT2D eigenvalue weighted by atomic mass is 10.2. The number of carbonyl (C=O) groups excluding carboxylic acids is 1. The van der Waals surface area contributed by atoms with Crippen LogP contribution in [0.1, 0.15) is 49.9 Å². The predicted molar refractivity (Wildman–Crippen MR) is 87.3 cm³/mol. The third-order valence-corrected chi connectivity index (χ3v) is 3.66. The van der Waals surface area contributed by atoms with Crippen molar-refractivity contribution in [3.63, 3.8) is 0 Å². The van der Waals surface area contributed by atoms with Gasteiger partial charge in [-0.3, -0.25) is 4.79 Å². The molecule has 1 amide bonds. The number of hydrogen-bond donors (Lipinski definition) is 1. The summed E-state index contributed by atoms with van der Waals surface area (Å²) in [5.41, 5.74) is 0.712.